The number of carbonyl (C=O) groups excluding carboxylic acids is 2. The monoisotopic (exact) mass is 226 g/mol. The van der Waals surface area contributed by atoms with Crippen LogP contribution in [0.3, 0.4) is 0 Å². The minimum absolute atomic E-state index is 0.0308. The first-order chi connectivity index (χ1) is 7.59. The van der Waals surface area contributed by atoms with Crippen molar-refractivity contribution < 1.29 is 9.59 Å². The van der Waals surface area contributed by atoms with Gasteiger partial charge in [0.1, 0.15) is 0 Å². The zero-order valence-corrected chi connectivity index (χ0v) is 10.2. The summed E-state index contributed by atoms with van der Waals surface area (Å²) >= 11 is 0. The molecule has 0 aromatic rings. The Morgan fingerprint density at radius 3 is 2.88 bits per heavy atom. The van der Waals surface area contributed by atoms with Gasteiger partial charge in [-0.15, -0.1) is 0 Å². The highest BCUT2D eigenvalue weighted by Gasteiger charge is 2.23. The van der Waals surface area contributed by atoms with E-state index in [4.69, 9.17) is 0 Å². The molecule has 1 unspecified atom stereocenters. The van der Waals surface area contributed by atoms with Crippen LogP contribution in [0.2, 0.25) is 0 Å². The number of hydrogen-bond acceptors (Lipinski definition) is 2. The molecule has 0 saturated carbocycles. The van der Waals surface area contributed by atoms with Gasteiger partial charge in [0.05, 0.1) is 5.92 Å². The Bertz CT molecular complexity index is 241. The van der Waals surface area contributed by atoms with Crippen molar-refractivity contribution in [3.05, 3.63) is 0 Å². The number of nitrogens with one attached hydrogen (secondary N) is 2. The van der Waals surface area contributed by atoms with Gasteiger partial charge in [0, 0.05) is 19.5 Å². The summed E-state index contributed by atoms with van der Waals surface area (Å²) in [7, 11) is 0. The Morgan fingerprint density at radius 1 is 1.56 bits per heavy atom. The summed E-state index contributed by atoms with van der Waals surface area (Å²) in [5, 5.41) is 5.65. The first kappa shape index (κ1) is 13.0. The number of hydrogen-bond donors (Lipinski definition) is 2. The molecule has 1 aliphatic heterocycles. The van der Waals surface area contributed by atoms with Crippen LogP contribution < -0.4 is 10.6 Å². The first-order valence-corrected chi connectivity index (χ1v) is 6.14. The first-order valence-electron chi connectivity index (χ1n) is 6.14. The number of piperidine rings is 1. The minimum atomic E-state index is -0.0308. The van der Waals surface area contributed by atoms with Crippen LogP contribution in [0.25, 0.3) is 0 Å². The molecule has 0 bridgehead atoms. The topological polar surface area (TPSA) is 58.2 Å². The van der Waals surface area contributed by atoms with E-state index in [1.54, 1.807) is 0 Å². The van der Waals surface area contributed by atoms with Crippen LogP contribution in [0.5, 0.6) is 0 Å². The molecule has 2 amide bonds. The standard InChI is InChI=1S/C12H22N2O2/c1-9(2)4-3-7-13-12(16)10-5-6-11(15)14-8-10/h9-10H,3-8H2,1-2H3,(H,13,16)(H,14,15). The summed E-state index contributed by atoms with van der Waals surface area (Å²) in [4.78, 5) is 22.6. The lowest BCUT2D eigenvalue weighted by molar-refractivity contribution is -0.128. The molecule has 1 fully saturated rings. The van der Waals surface area contributed by atoms with Gasteiger partial charge in [-0.05, 0) is 25.2 Å². The highest BCUT2D eigenvalue weighted by atomic mass is 16.2. The Labute approximate surface area is 97.2 Å². The third-order valence-corrected chi connectivity index (χ3v) is 2.89. The van der Waals surface area contributed by atoms with Gasteiger partial charge in [-0.1, -0.05) is 13.8 Å². The Balaban J connectivity index is 2.12. The fourth-order valence-corrected chi connectivity index (χ4v) is 1.82. The summed E-state index contributed by atoms with van der Waals surface area (Å²) in [6.07, 6.45) is 3.33. The van der Waals surface area contributed by atoms with E-state index in [2.05, 4.69) is 24.5 Å². The van der Waals surface area contributed by atoms with Crippen LogP contribution in [-0.2, 0) is 9.59 Å². The van der Waals surface area contributed by atoms with Crippen molar-refractivity contribution in [3.63, 3.8) is 0 Å². The molecular weight excluding hydrogens is 204 g/mol. The maximum Gasteiger partial charge on any atom is 0.224 e. The summed E-state index contributed by atoms with van der Waals surface area (Å²) in [5.74, 6) is 0.801. The average Bonchev–Trinajstić information content (AvgIpc) is 2.25. The van der Waals surface area contributed by atoms with E-state index in [9.17, 15) is 9.59 Å². The van der Waals surface area contributed by atoms with E-state index in [1.807, 2.05) is 0 Å². The fourth-order valence-electron chi connectivity index (χ4n) is 1.82. The van der Waals surface area contributed by atoms with Gasteiger partial charge >= 0.3 is 0 Å². The van der Waals surface area contributed by atoms with Crippen LogP contribution in [0, 0.1) is 11.8 Å². The largest absolute Gasteiger partial charge is 0.356 e. The molecule has 0 spiro atoms. The lowest BCUT2D eigenvalue weighted by Crippen LogP contribution is -2.43. The van der Waals surface area contributed by atoms with Gasteiger partial charge in [0.2, 0.25) is 11.8 Å². The number of rotatable bonds is 5. The Morgan fingerprint density at radius 2 is 2.31 bits per heavy atom. The van der Waals surface area contributed by atoms with Crippen molar-refractivity contribution in [3.8, 4) is 0 Å². The van der Waals surface area contributed by atoms with Gasteiger partial charge in [-0.3, -0.25) is 9.59 Å². The van der Waals surface area contributed by atoms with Crippen LogP contribution in [0.4, 0.5) is 0 Å². The van der Waals surface area contributed by atoms with Crippen molar-refractivity contribution in [2.75, 3.05) is 13.1 Å². The lowest BCUT2D eigenvalue weighted by atomic mass is 9.98. The average molecular weight is 226 g/mol. The highest BCUT2D eigenvalue weighted by molar-refractivity contribution is 5.83. The quantitative estimate of drug-likeness (QED) is 0.689. The second-order valence-corrected chi connectivity index (χ2v) is 4.87. The van der Waals surface area contributed by atoms with E-state index in [0.29, 0.717) is 25.3 Å². The van der Waals surface area contributed by atoms with Crippen molar-refractivity contribution in [1.82, 2.24) is 10.6 Å². The molecule has 1 atom stereocenters. The van der Waals surface area contributed by atoms with E-state index in [1.165, 1.54) is 0 Å². The van der Waals surface area contributed by atoms with E-state index in [-0.39, 0.29) is 17.7 Å². The molecule has 92 valence electrons. The second-order valence-electron chi connectivity index (χ2n) is 4.87. The molecule has 0 aromatic carbocycles. The molecule has 4 heteroatoms. The predicted octanol–water partition coefficient (Wildman–Crippen LogP) is 1.06. The molecule has 1 saturated heterocycles. The summed E-state index contributed by atoms with van der Waals surface area (Å²) in [6.45, 7) is 5.60. The molecule has 0 aliphatic carbocycles. The zero-order chi connectivity index (χ0) is 12.0. The van der Waals surface area contributed by atoms with Crippen molar-refractivity contribution in [2.24, 2.45) is 11.8 Å². The highest BCUT2D eigenvalue weighted by Crippen LogP contribution is 2.10. The van der Waals surface area contributed by atoms with E-state index >= 15 is 0 Å². The molecular formula is C12H22N2O2. The van der Waals surface area contributed by atoms with Gasteiger partial charge in [-0.2, -0.15) is 0 Å². The van der Waals surface area contributed by atoms with Gasteiger partial charge < -0.3 is 10.6 Å². The maximum atomic E-state index is 11.7. The van der Waals surface area contributed by atoms with Crippen LogP contribution >= 0.6 is 0 Å². The third-order valence-electron chi connectivity index (χ3n) is 2.89. The van der Waals surface area contributed by atoms with Crippen LogP contribution in [-0.4, -0.2) is 24.9 Å². The van der Waals surface area contributed by atoms with E-state index < -0.39 is 0 Å². The molecule has 2 N–H and O–H groups in total. The zero-order valence-electron chi connectivity index (χ0n) is 10.2. The van der Waals surface area contributed by atoms with Gasteiger partial charge in [0.25, 0.3) is 0 Å². The molecule has 1 heterocycles. The van der Waals surface area contributed by atoms with Gasteiger partial charge in [0.15, 0.2) is 0 Å². The normalized spacial score (nSPS) is 20.7. The Kier molecular flexibility index (Phi) is 5.29. The predicted molar refractivity (Wildman–Crippen MR) is 62.8 cm³/mol. The molecule has 1 aliphatic rings. The summed E-state index contributed by atoms with van der Waals surface area (Å²) in [5.41, 5.74) is 0. The lowest BCUT2D eigenvalue weighted by Gasteiger charge is -2.21. The fraction of sp³-hybridized carbons (Fsp3) is 0.833. The minimum Gasteiger partial charge on any atom is -0.356 e. The third kappa shape index (κ3) is 4.64. The molecule has 0 radical (unpaired) electrons. The number of amides is 2. The SMILES string of the molecule is CC(C)CCCNC(=O)C1CCC(=O)NC1. The maximum absolute atomic E-state index is 11.7. The van der Waals surface area contributed by atoms with Crippen LogP contribution in [0.15, 0.2) is 0 Å². The van der Waals surface area contributed by atoms with Crippen molar-refractivity contribution in [2.45, 2.75) is 39.5 Å². The smallest absolute Gasteiger partial charge is 0.224 e. The molecule has 16 heavy (non-hydrogen) atoms. The molecule has 0 aromatic heterocycles. The summed E-state index contributed by atoms with van der Waals surface area (Å²) < 4.78 is 0. The molecule has 4 nitrogen and oxygen atoms in total. The second kappa shape index (κ2) is 6.51. The Hall–Kier alpha value is -1.06. The van der Waals surface area contributed by atoms with E-state index in [0.717, 1.165) is 19.4 Å². The van der Waals surface area contributed by atoms with Gasteiger partial charge in [-0.25, -0.2) is 0 Å². The number of carbonyl (C=O) groups is 2. The molecule has 1 rings (SSSR count). The van der Waals surface area contributed by atoms with Crippen molar-refractivity contribution >= 4 is 11.8 Å². The summed E-state index contributed by atoms with van der Waals surface area (Å²) in [6, 6.07) is 0. The van der Waals surface area contributed by atoms with Crippen LogP contribution in [0.1, 0.15) is 39.5 Å². The van der Waals surface area contributed by atoms with Crippen molar-refractivity contribution in [1.29, 1.82) is 0 Å².